The van der Waals surface area contributed by atoms with Crippen molar-refractivity contribution in [2.45, 2.75) is 0 Å². The molecule has 9 heteroatoms. The third kappa shape index (κ3) is 5.96. The van der Waals surface area contributed by atoms with Gasteiger partial charge in [-0.05, 0) is 30.3 Å². The first-order chi connectivity index (χ1) is 12.9. The van der Waals surface area contributed by atoms with Gasteiger partial charge in [0.25, 0.3) is 5.91 Å². The van der Waals surface area contributed by atoms with Gasteiger partial charge in [0.1, 0.15) is 5.75 Å². The highest BCUT2D eigenvalue weighted by Crippen LogP contribution is 2.27. The lowest BCUT2D eigenvalue weighted by Crippen LogP contribution is -2.37. The molecule has 27 heavy (non-hydrogen) atoms. The second kappa shape index (κ2) is 9.54. The van der Waals surface area contributed by atoms with Crippen LogP contribution in [0.25, 0.3) is 0 Å². The summed E-state index contributed by atoms with van der Waals surface area (Å²) in [6.45, 7) is -0.725. The Morgan fingerprint density at radius 2 is 2.04 bits per heavy atom. The zero-order chi connectivity index (χ0) is 19.8. The van der Waals surface area contributed by atoms with E-state index in [4.69, 9.17) is 21.1 Å². The van der Waals surface area contributed by atoms with Crippen LogP contribution in [0.5, 0.6) is 5.75 Å². The van der Waals surface area contributed by atoms with Crippen LogP contribution in [-0.2, 0) is 14.3 Å². The summed E-state index contributed by atoms with van der Waals surface area (Å²) in [6, 6.07) is 7.89. The highest BCUT2D eigenvalue weighted by Gasteiger charge is 2.17. The Morgan fingerprint density at radius 1 is 1.26 bits per heavy atom. The van der Waals surface area contributed by atoms with Crippen molar-refractivity contribution < 1.29 is 23.9 Å². The van der Waals surface area contributed by atoms with Crippen LogP contribution in [0.15, 0.2) is 42.7 Å². The molecule has 2 amide bonds. The van der Waals surface area contributed by atoms with Gasteiger partial charge >= 0.3 is 5.97 Å². The molecule has 0 spiro atoms. The van der Waals surface area contributed by atoms with Crippen molar-refractivity contribution >= 4 is 35.1 Å². The normalized spacial score (nSPS) is 10.0. The fraction of sp³-hybridized carbons (Fsp3) is 0.222. The van der Waals surface area contributed by atoms with Crippen LogP contribution < -0.4 is 10.1 Å². The Kier molecular flexibility index (Phi) is 7.13. The second-order valence-electron chi connectivity index (χ2n) is 5.46. The number of likely N-dealkylation sites (N-methyl/N-ethyl adjacent to an activating group) is 1. The number of carbonyl (C=O) groups is 3. The number of pyridine rings is 1. The molecule has 2 aromatic rings. The van der Waals surface area contributed by atoms with E-state index < -0.39 is 24.4 Å². The number of benzene rings is 1. The van der Waals surface area contributed by atoms with E-state index in [0.717, 1.165) is 4.90 Å². The van der Waals surface area contributed by atoms with Crippen LogP contribution in [0.4, 0.5) is 5.69 Å². The number of esters is 1. The highest BCUT2D eigenvalue weighted by molar-refractivity contribution is 6.31. The number of methoxy groups -OCH3 is 1. The second-order valence-corrected chi connectivity index (χ2v) is 5.90. The van der Waals surface area contributed by atoms with Crippen LogP contribution in [-0.4, -0.2) is 55.0 Å². The minimum absolute atomic E-state index is 0.235. The Labute approximate surface area is 161 Å². The number of nitrogens with zero attached hydrogens (tertiary/aromatic N) is 2. The number of hydrogen-bond acceptors (Lipinski definition) is 6. The first-order valence-corrected chi connectivity index (χ1v) is 8.23. The molecule has 8 nitrogen and oxygen atoms in total. The SMILES string of the molecule is COc1ccc(Cl)cc1NC(=O)CN(C)C(=O)COC(=O)c1cccnc1. The van der Waals surface area contributed by atoms with E-state index in [9.17, 15) is 14.4 Å². The summed E-state index contributed by atoms with van der Waals surface area (Å²) in [5.41, 5.74) is 0.623. The Bertz CT molecular complexity index is 829. The van der Waals surface area contributed by atoms with Gasteiger partial charge in [0.05, 0.1) is 24.9 Å². The molecule has 0 fully saturated rings. The van der Waals surface area contributed by atoms with E-state index in [1.165, 1.54) is 38.7 Å². The van der Waals surface area contributed by atoms with Crippen LogP contribution in [0.2, 0.25) is 5.02 Å². The van der Waals surface area contributed by atoms with Crippen LogP contribution in [0.3, 0.4) is 0 Å². The molecule has 1 aromatic heterocycles. The van der Waals surface area contributed by atoms with Crippen LogP contribution >= 0.6 is 11.6 Å². The third-order valence-electron chi connectivity index (χ3n) is 3.47. The fourth-order valence-electron chi connectivity index (χ4n) is 2.08. The number of hydrogen-bond donors (Lipinski definition) is 1. The monoisotopic (exact) mass is 391 g/mol. The van der Waals surface area contributed by atoms with E-state index in [0.29, 0.717) is 16.5 Å². The largest absolute Gasteiger partial charge is 0.495 e. The maximum Gasteiger partial charge on any atom is 0.340 e. The molecule has 0 saturated carbocycles. The molecule has 0 aliphatic carbocycles. The van der Waals surface area contributed by atoms with E-state index in [-0.39, 0.29) is 12.1 Å². The molecule has 0 bridgehead atoms. The molecule has 1 aromatic carbocycles. The van der Waals surface area contributed by atoms with Crippen molar-refractivity contribution in [2.75, 3.05) is 32.6 Å². The molecule has 142 valence electrons. The van der Waals surface area contributed by atoms with Gasteiger partial charge in [-0.2, -0.15) is 0 Å². The average molecular weight is 392 g/mol. The number of rotatable bonds is 7. The van der Waals surface area contributed by atoms with Gasteiger partial charge in [-0.15, -0.1) is 0 Å². The topological polar surface area (TPSA) is 97.8 Å². The third-order valence-corrected chi connectivity index (χ3v) is 3.70. The van der Waals surface area contributed by atoms with Crippen molar-refractivity contribution in [2.24, 2.45) is 0 Å². The van der Waals surface area contributed by atoms with Crippen LogP contribution in [0.1, 0.15) is 10.4 Å². The molecular weight excluding hydrogens is 374 g/mol. The van der Waals surface area contributed by atoms with Crippen molar-refractivity contribution in [1.29, 1.82) is 0 Å². The van der Waals surface area contributed by atoms with Gasteiger partial charge in [0.2, 0.25) is 5.91 Å². The van der Waals surface area contributed by atoms with Gasteiger partial charge in [-0.25, -0.2) is 4.79 Å². The lowest BCUT2D eigenvalue weighted by molar-refractivity contribution is -0.136. The first-order valence-electron chi connectivity index (χ1n) is 7.85. The Morgan fingerprint density at radius 3 is 2.70 bits per heavy atom. The van der Waals surface area contributed by atoms with Gasteiger partial charge in [0, 0.05) is 24.5 Å². The molecule has 0 radical (unpaired) electrons. The van der Waals surface area contributed by atoms with Crippen molar-refractivity contribution in [1.82, 2.24) is 9.88 Å². The summed E-state index contributed by atoms with van der Waals surface area (Å²) in [5, 5.41) is 3.05. The number of ether oxygens (including phenoxy) is 2. The van der Waals surface area contributed by atoms with E-state index in [2.05, 4.69) is 10.3 Å². The zero-order valence-corrected chi connectivity index (χ0v) is 15.5. The lowest BCUT2D eigenvalue weighted by Gasteiger charge is -2.17. The maximum atomic E-state index is 12.1. The number of nitrogens with one attached hydrogen (secondary N) is 1. The summed E-state index contributed by atoms with van der Waals surface area (Å²) in [4.78, 5) is 40.9. The quantitative estimate of drug-likeness (QED) is 0.725. The number of carbonyl (C=O) groups excluding carboxylic acids is 3. The lowest BCUT2D eigenvalue weighted by atomic mass is 10.3. The van der Waals surface area contributed by atoms with Gasteiger partial charge < -0.3 is 19.7 Å². The number of aromatic nitrogens is 1. The zero-order valence-electron chi connectivity index (χ0n) is 14.8. The standard InChI is InChI=1S/C18H18ClN3O5/c1-22(17(24)11-27-18(25)12-4-3-7-20-9-12)10-16(23)21-14-8-13(19)5-6-15(14)26-2/h3-9H,10-11H2,1-2H3,(H,21,23). The number of amides is 2. The summed E-state index contributed by atoms with van der Waals surface area (Å²) in [7, 11) is 2.89. The summed E-state index contributed by atoms with van der Waals surface area (Å²) in [5.74, 6) is -1.21. The van der Waals surface area contributed by atoms with Crippen molar-refractivity contribution in [3.63, 3.8) is 0 Å². The van der Waals surface area contributed by atoms with E-state index in [1.807, 2.05) is 0 Å². The Hall–Kier alpha value is -3.13. The molecule has 0 aliphatic heterocycles. The van der Waals surface area contributed by atoms with Gasteiger partial charge in [-0.1, -0.05) is 11.6 Å². The van der Waals surface area contributed by atoms with Crippen LogP contribution in [0, 0.1) is 0 Å². The molecule has 1 heterocycles. The van der Waals surface area contributed by atoms with E-state index >= 15 is 0 Å². The molecule has 2 rings (SSSR count). The first kappa shape index (κ1) is 20.2. The Balaban J connectivity index is 1.86. The molecule has 0 unspecified atom stereocenters. The van der Waals surface area contributed by atoms with Crippen molar-refractivity contribution in [3.8, 4) is 5.75 Å². The summed E-state index contributed by atoms with van der Waals surface area (Å²) >= 11 is 5.91. The maximum absolute atomic E-state index is 12.1. The van der Waals surface area contributed by atoms with E-state index in [1.54, 1.807) is 18.2 Å². The predicted octanol–water partition coefficient (Wildman–Crippen LogP) is 2.00. The molecular formula is C18H18ClN3O5. The highest BCUT2D eigenvalue weighted by atomic mass is 35.5. The van der Waals surface area contributed by atoms with Crippen molar-refractivity contribution in [3.05, 3.63) is 53.3 Å². The number of anilines is 1. The van der Waals surface area contributed by atoms with Gasteiger partial charge in [-0.3, -0.25) is 14.6 Å². The molecule has 0 atom stereocenters. The summed E-state index contributed by atoms with van der Waals surface area (Å²) < 4.78 is 10.1. The fourth-order valence-corrected chi connectivity index (χ4v) is 2.25. The smallest absolute Gasteiger partial charge is 0.340 e. The predicted molar refractivity (Wildman–Crippen MR) is 98.8 cm³/mol. The molecule has 0 saturated heterocycles. The minimum Gasteiger partial charge on any atom is -0.495 e. The average Bonchev–Trinajstić information content (AvgIpc) is 2.66. The van der Waals surface area contributed by atoms with Gasteiger partial charge in [0.15, 0.2) is 6.61 Å². The minimum atomic E-state index is -0.669. The summed E-state index contributed by atoms with van der Waals surface area (Å²) in [6.07, 6.45) is 2.85. The number of halogens is 1. The molecule has 0 aliphatic rings. The molecule has 1 N–H and O–H groups in total.